The zero-order chi connectivity index (χ0) is 23.4. The highest BCUT2D eigenvalue weighted by molar-refractivity contribution is 6.00. The van der Waals surface area contributed by atoms with E-state index in [1.807, 2.05) is 53.3 Å². The predicted octanol–water partition coefficient (Wildman–Crippen LogP) is 4.93. The Hall–Kier alpha value is -3.12. The number of carbonyl (C=O) groups is 1. The molecule has 0 saturated carbocycles. The fourth-order valence-corrected chi connectivity index (χ4v) is 4.22. The molecule has 0 aliphatic carbocycles. The molecule has 6 heteroatoms. The topological polar surface area (TPSA) is 65.4 Å². The van der Waals surface area contributed by atoms with Gasteiger partial charge in [-0.05, 0) is 36.0 Å². The first-order valence-electron chi connectivity index (χ1n) is 11.5. The molecule has 0 radical (unpaired) electrons. The van der Waals surface area contributed by atoms with Gasteiger partial charge in [0.2, 0.25) is 0 Å². The highest BCUT2D eigenvalue weighted by Crippen LogP contribution is 2.30. The fourth-order valence-electron chi connectivity index (χ4n) is 4.22. The normalized spacial score (nSPS) is 18.7. The molecule has 3 aromatic rings. The lowest BCUT2D eigenvalue weighted by Gasteiger charge is -2.37. The third-order valence-corrected chi connectivity index (χ3v) is 6.12. The molecule has 174 valence electrons. The van der Waals surface area contributed by atoms with Crippen LogP contribution in [0.2, 0.25) is 0 Å². The highest BCUT2D eigenvalue weighted by Gasteiger charge is 2.33. The largest absolute Gasteiger partial charge is 0.497 e. The van der Waals surface area contributed by atoms with E-state index in [4.69, 9.17) is 14.6 Å². The molecule has 1 aliphatic heterocycles. The molecule has 33 heavy (non-hydrogen) atoms. The van der Waals surface area contributed by atoms with Crippen LogP contribution in [0.1, 0.15) is 49.5 Å². The molecule has 4 rings (SSSR count). The summed E-state index contributed by atoms with van der Waals surface area (Å²) in [6, 6.07) is 17.9. The quantitative estimate of drug-likeness (QED) is 0.582. The van der Waals surface area contributed by atoms with Crippen LogP contribution in [0.3, 0.4) is 0 Å². The maximum atomic E-state index is 13.4. The molecule has 1 amide bonds. The van der Waals surface area contributed by atoms with Gasteiger partial charge in [-0.1, -0.05) is 63.2 Å². The summed E-state index contributed by atoms with van der Waals surface area (Å²) in [5.41, 5.74) is 3.24. The van der Waals surface area contributed by atoms with E-state index >= 15 is 0 Å². The van der Waals surface area contributed by atoms with Crippen molar-refractivity contribution in [3.8, 4) is 17.0 Å². The van der Waals surface area contributed by atoms with Crippen molar-refractivity contribution in [2.75, 3.05) is 13.7 Å². The van der Waals surface area contributed by atoms with Crippen molar-refractivity contribution in [2.24, 2.45) is 5.41 Å². The van der Waals surface area contributed by atoms with E-state index < -0.39 is 0 Å². The van der Waals surface area contributed by atoms with Crippen molar-refractivity contribution in [2.45, 2.75) is 52.3 Å². The Balaban J connectivity index is 1.61. The second kappa shape index (κ2) is 9.79. The Kier molecular flexibility index (Phi) is 6.84. The van der Waals surface area contributed by atoms with Crippen LogP contribution in [-0.4, -0.2) is 41.6 Å². The van der Waals surface area contributed by atoms with Crippen molar-refractivity contribution in [3.63, 3.8) is 0 Å². The summed E-state index contributed by atoms with van der Waals surface area (Å²) >= 11 is 0. The number of methoxy groups -OCH3 is 1. The van der Waals surface area contributed by atoms with Crippen molar-refractivity contribution in [3.05, 3.63) is 71.9 Å². The van der Waals surface area contributed by atoms with Gasteiger partial charge in [0, 0.05) is 24.4 Å². The molecule has 6 nitrogen and oxygen atoms in total. The van der Waals surface area contributed by atoms with Crippen LogP contribution in [0.4, 0.5) is 0 Å². The van der Waals surface area contributed by atoms with Crippen LogP contribution in [0.5, 0.6) is 5.75 Å². The van der Waals surface area contributed by atoms with E-state index in [2.05, 4.69) is 38.2 Å². The van der Waals surface area contributed by atoms with E-state index in [0.29, 0.717) is 24.4 Å². The van der Waals surface area contributed by atoms with Crippen LogP contribution in [0, 0.1) is 5.41 Å². The van der Waals surface area contributed by atoms with Gasteiger partial charge < -0.3 is 14.8 Å². The minimum atomic E-state index is -0.105. The molecule has 2 heterocycles. The van der Waals surface area contributed by atoms with E-state index in [9.17, 15) is 4.79 Å². The maximum Gasteiger partial charge on any atom is 0.255 e. The standard InChI is InChI=1S/C27H33N3O3/c1-27(2,3)24-16-21(13-14-33-24)28-26(31)23-18-30(17-19-9-6-5-7-10-19)29-25(23)20-11-8-12-22(15-20)32-4/h5-12,15,18,21,24H,13-14,16-17H2,1-4H3,(H,28,31)/t21-,24+/m1/s1. The van der Waals surface area contributed by atoms with Gasteiger partial charge in [0.1, 0.15) is 11.4 Å². The van der Waals surface area contributed by atoms with Crippen molar-refractivity contribution in [1.82, 2.24) is 15.1 Å². The van der Waals surface area contributed by atoms with Crippen molar-refractivity contribution in [1.29, 1.82) is 0 Å². The molecule has 2 aromatic carbocycles. The number of hydrogen-bond donors (Lipinski definition) is 1. The third-order valence-electron chi connectivity index (χ3n) is 6.12. The highest BCUT2D eigenvalue weighted by atomic mass is 16.5. The number of amides is 1. The molecular weight excluding hydrogens is 414 g/mol. The van der Waals surface area contributed by atoms with Crippen LogP contribution < -0.4 is 10.1 Å². The van der Waals surface area contributed by atoms with E-state index in [-0.39, 0.29) is 23.5 Å². The van der Waals surface area contributed by atoms with Crippen LogP contribution in [0.25, 0.3) is 11.3 Å². The lowest BCUT2D eigenvalue weighted by atomic mass is 9.83. The molecule has 1 aromatic heterocycles. The second-order valence-corrected chi connectivity index (χ2v) is 9.73. The first-order valence-corrected chi connectivity index (χ1v) is 11.5. The molecule has 1 N–H and O–H groups in total. The molecule has 1 aliphatic rings. The third kappa shape index (κ3) is 5.63. The lowest BCUT2D eigenvalue weighted by molar-refractivity contribution is -0.0569. The van der Waals surface area contributed by atoms with Gasteiger partial charge >= 0.3 is 0 Å². The van der Waals surface area contributed by atoms with Crippen molar-refractivity contribution < 1.29 is 14.3 Å². The molecule has 0 spiro atoms. The average molecular weight is 448 g/mol. The molecule has 0 bridgehead atoms. The number of benzene rings is 2. The van der Waals surface area contributed by atoms with E-state index in [1.54, 1.807) is 7.11 Å². The summed E-state index contributed by atoms with van der Waals surface area (Å²) in [6.07, 6.45) is 3.58. The fraction of sp³-hybridized carbons (Fsp3) is 0.407. The second-order valence-electron chi connectivity index (χ2n) is 9.73. The van der Waals surface area contributed by atoms with Crippen molar-refractivity contribution >= 4 is 5.91 Å². The Morgan fingerprint density at radius 2 is 1.97 bits per heavy atom. The number of nitrogens with one attached hydrogen (secondary N) is 1. The summed E-state index contributed by atoms with van der Waals surface area (Å²) in [5.74, 6) is 0.626. The number of ether oxygens (including phenoxy) is 2. The number of aromatic nitrogens is 2. The Morgan fingerprint density at radius 3 is 2.70 bits per heavy atom. The molecule has 1 saturated heterocycles. The first kappa shape index (κ1) is 23.1. The van der Waals surface area contributed by atoms with Gasteiger partial charge in [0.15, 0.2) is 0 Å². The summed E-state index contributed by atoms with van der Waals surface area (Å²) in [7, 11) is 1.64. The Labute approximate surface area is 195 Å². The molecule has 0 unspecified atom stereocenters. The van der Waals surface area contributed by atoms with Gasteiger partial charge in [-0.2, -0.15) is 5.10 Å². The summed E-state index contributed by atoms with van der Waals surface area (Å²) in [4.78, 5) is 13.4. The monoisotopic (exact) mass is 447 g/mol. The molecular formula is C27H33N3O3. The number of rotatable bonds is 6. The first-order chi connectivity index (χ1) is 15.8. The molecule has 2 atom stereocenters. The molecule has 1 fully saturated rings. The SMILES string of the molecule is COc1cccc(-c2nn(Cc3ccccc3)cc2C(=O)N[C@@H]2CCO[C@H](C(C)(C)C)C2)c1. The number of hydrogen-bond acceptors (Lipinski definition) is 4. The van der Waals surface area contributed by atoms with E-state index in [1.165, 1.54) is 0 Å². The average Bonchev–Trinajstić information content (AvgIpc) is 3.23. The maximum absolute atomic E-state index is 13.4. The van der Waals surface area contributed by atoms with Gasteiger partial charge in [-0.3, -0.25) is 9.48 Å². The predicted molar refractivity (Wildman–Crippen MR) is 129 cm³/mol. The number of nitrogens with zero attached hydrogens (tertiary/aromatic N) is 2. The lowest BCUT2D eigenvalue weighted by Crippen LogP contribution is -2.45. The summed E-state index contributed by atoms with van der Waals surface area (Å²) in [6.45, 7) is 7.78. The summed E-state index contributed by atoms with van der Waals surface area (Å²) < 4.78 is 13.2. The Bertz CT molecular complexity index is 1090. The van der Waals surface area contributed by atoms with E-state index in [0.717, 1.165) is 29.7 Å². The number of carbonyl (C=O) groups excluding carboxylic acids is 1. The van der Waals surface area contributed by atoms with Crippen LogP contribution >= 0.6 is 0 Å². The van der Waals surface area contributed by atoms with Gasteiger partial charge in [0.25, 0.3) is 5.91 Å². The minimum absolute atomic E-state index is 0.0374. The van der Waals surface area contributed by atoms with Gasteiger partial charge in [0.05, 0.1) is 25.3 Å². The van der Waals surface area contributed by atoms with Gasteiger partial charge in [-0.15, -0.1) is 0 Å². The van der Waals surface area contributed by atoms with Crippen LogP contribution in [0.15, 0.2) is 60.8 Å². The zero-order valence-electron chi connectivity index (χ0n) is 19.9. The van der Waals surface area contributed by atoms with Crippen LogP contribution in [-0.2, 0) is 11.3 Å². The summed E-state index contributed by atoms with van der Waals surface area (Å²) in [5, 5.41) is 8.04. The van der Waals surface area contributed by atoms with Gasteiger partial charge in [-0.25, -0.2) is 0 Å². The smallest absolute Gasteiger partial charge is 0.255 e. The minimum Gasteiger partial charge on any atom is -0.497 e. The Morgan fingerprint density at radius 1 is 1.18 bits per heavy atom. The zero-order valence-corrected chi connectivity index (χ0v) is 19.9.